The number of carbonyl (C=O) groups is 2. The van der Waals surface area contributed by atoms with Crippen LogP contribution in [0.25, 0.3) is 10.9 Å². The summed E-state index contributed by atoms with van der Waals surface area (Å²) in [6.45, 7) is 0.155. The van der Waals surface area contributed by atoms with Gasteiger partial charge in [-0.1, -0.05) is 12.1 Å². The number of ether oxygens (including phenoxy) is 1. The number of nitrogens with zero attached hydrogens (tertiary/aromatic N) is 1. The van der Waals surface area contributed by atoms with E-state index >= 15 is 0 Å². The Morgan fingerprint density at radius 1 is 1.44 bits per heavy atom. The number of aldehydes is 1. The molecule has 0 fully saturated rings. The first-order valence-corrected chi connectivity index (χ1v) is 4.86. The summed E-state index contributed by atoms with van der Waals surface area (Å²) < 4.78 is 6.36. The molecule has 0 unspecified atom stereocenters. The smallest absolute Gasteiger partial charge is 0.325 e. The number of hydrogen-bond donors (Lipinski definition) is 0. The quantitative estimate of drug-likeness (QED) is 0.580. The van der Waals surface area contributed by atoms with Gasteiger partial charge in [-0.15, -0.1) is 0 Å². The Kier molecular flexibility index (Phi) is 2.72. The van der Waals surface area contributed by atoms with Gasteiger partial charge in [-0.25, -0.2) is 0 Å². The zero-order chi connectivity index (χ0) is 11.5. The van der Waals surface area contributed by atoms with Gasteiger partial charge in [-0.3, -0.25) is 9.59 Å². The van der Waals surface area contributed by atoms with Crippen molar-refractivity contribution < 1.29 is 14.3 Å². The van der Waals surface area contributed by atoms with Gasteiger partial charge in [0, 0.05) is 22.7 Å². The van der Waals surface area contributed by atoms with E-state index in [4.69, 9.17) is 0 Å². The molecule has 0 bridgehead atoms. The van der Waals surface area contributed by atoms with Gasteiger partial charge < -0.3 is 9.30 Å². The molecule has 4 heteroatoms. The van der Waals surface area contributed by atoms with Crippen molar-refractivity contribution in [1.29, 1.82) is 0 Å². The summed E-state index contributed by atoms with van der Waals surface area (Å²) in [6.07, 6.45) is 2.58. The van der Waals surface area contributed by atoms with Gasteiger partial charge in [0.2, 0.25) is 0 Å². The Labute approximate surface area is 92.4 Å². The summed E-state index contributed by atoms with van der Waals surface area (Å²) in [5.74, 6) is -0.311. The number of methoxy groups -OCH3 is 1. The summed E-state index contributed by atoms with van der Waals surface area (Å²) >= 11 is 0. The summed E-state index contributed by atoms with van der Waals surface area (Å²) in [6, 6.07) is 7.23. The van der Waals surface area contributed by atoms with Crippen molar-refractivity contribution in [2.45, 2.75) is 6.54 Å². The molecule has 1 heterocycles. The second-order valence-electron chi connectivity index (χ2n) is 3.42. The Morgan fingerprint density at radius 2 is 2.25 bits per heavy atom. The molecule has 2 aromatic rings. The molecule has 0 spiro atoms. The van der Waals surface area contributed by atoms with Crippen LogP contribution in [-0.4, -0.2) is 23.9 Å². The zero-order valence-electron chi connectivity index (χ0n) is 8.84. The second kappa shape index (κ2) is 4.18. The van der Waals surface area contributed by atoms with E-state index in [-0.39, 0.29) is 12.5 Å². The minimum atomic E-state index is -0.311. The maximum Gasteiger partial charge on any atom is 0.325 e. The van der Waals surface area contributed by atoms with E-state index in [0.29, 0.717) is 5.56 Å². The molecule has 82 valence electrons. The number of fused-ring (bicyclic) bond motifs is 1. The van der Waals surface area contributed by atoms with Gasteiger partial charge >= 0.3 is 5.97 Å². The van der Waals surface area contributed by atoms with E-state index in [1.54, 1.807) is 22.9 Å². The van der Waals surface area contributed by atoms with E-state index in [0.717, 1.165) is 17.2 Å². The summed E-state index contributed by atoms with van der Waals surface area (Å²) in [5, 5.41) is 0.849. The molecule has 0 aliphatic carbocycles. The molecule has 4 nitrogen and oxygen atoms in total. The maximum absolute atomic E-state index is 11.2. The van der Waals surface area contributed by atoms with Crippen LogP contribution in [-0.2, 0) is 16.1 Å². The molecule has 16 heavy (non-hydrogen) atoms. The largest absolute Gasteiger partial charge is 0.468 e. The lowest BCUT2D eigenvalue weighted by Gasteiger charge is -2.03. The van der Waals surface area contributed by atoms with Crippen molar-refractivity contribution in [2.24, 2.45) is 0 Å². The first-order valence-electron chi connectivity index (χ1n) is 4.86. The molecular weight excluding hydrogens is 206 g/mol. The van der Waals surface area contributed by atoms with E-state index in [9.17, 15) is 9.59 Å². The second-order valence-corrected chi connectivity index (χ2v) is 3.42. The van der Waals surface area contributed by atoms with Crippen LogP contribution in [0.1, 0.15) is 10.4 Å². The fraction of sp³-hybridized carbons (Fsp3) is 0.167. The first kappa shape index (κ1) is 10.4. The van der Waals surface area contributed by atoms with Crippen LogP contribution >= 0.6 is 0 Å². The normalized spacial score (nSPS) is 10.3. The molecule has 0 aliphatic heterocycles. The van der Waals surface area contributed by atoms with Gasteiger partial charge in [-0.2, -0.15) is 0 Å². The zero-order valence-corrected chi connectivity index (χ0v) is 8.84. The fourth-order valence-electron chi connectivity index (χ4n) is 1.69. The van der Waals surface area contributed by atoms with Crippen LogP contribution in [0.3, 0.4) is 0 Å². The lowest BCUT2D eigenvalue weighted by Crippen LogP contribution is -2.10. The molecule has 0 N–H and O–H groups in total. The molecule has 0 saturated heterocycles. The van der Waals surface area contributed by atoms with Crippen LogP contribution in [0.4, 0.5) is 0 Å². The van der Waals surface area contributed by atoms with Crippen molar-refractivity contribution >= 4 is 23.2 Å². The average molecular weight is 217 g/mol. The third-order valence-electron chi connectivity index (χ3n) is 2.50. The fourth-order valence-corrected chi connectivity index (χ4v) is 1.69. The predicted octanol–water partition coefficient (Wildman–Crippen LogP) is 1.63. The number of esters is 1. The molecule has 0 saturated carbocycles. The molecule has 0 atom stereocenters. The van der Waals surface area contributed by atoms with E-state index in [2.05, 4.69) is 4.74 Å². The SMILES string of the molecule is COC(=O)Cn1ccc2c(C=O)cccc21. The molecule has 1 aromatic heterocycles. The summed E-state index contributed by atoms with van der Waals surface area (Å²) in [7, 11) is 1.35. The first-order chi connectivity index (χ1) is 7.76. The highest BCUT2D eigenvalue weighted by atomic mass is 16.5. The molecule has 1 aromatic carbocycles. The van der Waals surface area contributed by atoms with Crippen LogP contribution < -0.4 is 0 Å². The standard InChI is InChI=1S/C12H11NO3/c1-16-12(15)7-13-6-5-10-9(8-14)3-2-4-11(10)13/h2-6,8H,7H2,1H3. The van der Waals surface area contributed by atoms with Gasteiger partial charge in [-0.05, 0) is 12.1 Å². The highest BCUT2D eigenvalue weighted by Crippen LogP contribution is 2.18. The van der Waals surface area contributed by atoms with Crippen LogP contribution in [0.15, 0.2) is 30.5 Å². The number of aromatic nitrogens is 1. The number of rotatable bonds is 3. The molecule has 0 amide bonds. The third-order valence-corrected chi connectivity index (χ3v) is 2.50. The Morgan fingerprint density at radius 3 is 2.94 bits per heavy atom. The number of benzene rings is 1. The lowest BCUT2D eigenvalue weighted by molar-refractivity contribution is -0.141. The summed E-state index contributed by atoms with van der Waals surface area (Å²) in [5.41, 5.74) is 1.48. The van der Waals surface area contributed by atoms with Gasteiger partial charge in [0.05, 0.1) is 7.11 Å². The highest BCUT2D eigenvalue weighted by Gasteiger charge is 2.07. The van der Waals surface area contributed by atoms with E-state index in [1.807, 2.05) is 12.1 Å². The van der Waals surface area contributed by atoms with Crippen molar-refractivity contribution in [1.82, 2.24) is 4.57 Å². The molecule has 2 rings (SSSR count). The predicted molar refractivity (Wildman–Crippen MR) is 59.3 cm³/mol. The maximum atomic E-state index is 11.2. The Hall–Kier alpha value is -2.10. The minimum Gasteiger partial charge on any atom is -0.468 e. The van der Waals surface area contributed by atoms with Crippen molar-refractivity contribution in [3.05, 3.63) is 36.0 Å². The third kappa shape index (κ3) is 1.69. The molecule has 0 aliphatic rings. The highest BCUT2D eigenvalue weighted by molar-refractivity contribution is 5.97. The number of hydrogen-bond acceptors (Lipinski definition) is 3. The van der Waals surface area contributed by atoms with Crippen molar-refractivity contribution in [2.75, 3.05) is 7.11 Å². The Bertz CT molecular complexity index is 542. The number of carbonyl (C=O) groups excluding carboxylic acids is 2. The van der Waals surface area contributed by atoms with Crippen molar-refractivity contribution in [3.8, 4) is 0 Å². The summed E-state index contributed by atoms with van der Waals surface area (Å²) in [4.78, 5) is 22.0. The van der Waals surface area contributed by atoms with Crippen molar-refractivity contribution in [3.63, 3.8) is 0 Å². The van der Waals surface area contributed by atoms with Gasteiger partial charge in [0.15, 0.2) is 6.29 Å². The van der Waals surface area contributed by atoms with Crippen LogP contribution in [0.5, 0.6) is 0 Å². The molecule has 0 radical (unpaired) electrons. The van der Waals surface area contributed by atoms with Crippen LogP contribution in [0.2, 0.25) is 0 Å². The van der Waals surface area contributed by atoms with Gasteiger partial charge in [0.25, 0.3) is 0 Å². The minimum absolute atomic E-state index is 0.155. The van der Waals surface area contributed by atoms with E-state index in [1.165, 1.54) is 7.11 Å². The Balaban J connectivity index is 2.49. The average Bonchev–Trinajstić information content (AvgIpc) is 2.72. The van der Waals surface area contributed by atoms with Gasteiger partial charge in [0.1, 0.15) is 6.54 Å². The van der Waals surface area contributed by atoms with E-state index < -0.39 is 0 Å². The monoisotopic (exact) mass is 217 g/mol. The van der Waals surface area contributed by atoms with Crippen LogP contribution in [0, 0.1) is 0 Å². The molecular formula is C12H11NO3. The topological polar surface area (TPSA) is 48.3 Å². The lowest BCUT2D eigenvalue weighted by atomic mass is 10.1.